The van der Waals surface area contributed by atoms with Crippen molar-refractivity contribution in [3.8, 4) is 0 Å². The van der Waals surface area contributed by atoms with Gasteiger partial charge in [-0.2, -0.15) is 0 Å². The molecule has 32 heavy (non-hydrogen) atoms. The number of H-pyrrole nitrogens is 1. The molecule has 3 heterocycles. The number of pyridine rings is 1. The summed E-state index contributed by atoms with van der Waals surface area (Å²) in [6.07, 6.45) is 5.38. The number of rotatable bonds is 9. The predicted octanol–water partition coefficient (Wildman–Crippen LogP) is 4.04. The van der Waals surface area contributed by atoms with Gasteiger partial charge in [0.05, 0.1) is 29.9 Å². The van der Waals surface area contributed by atoms with Crippen LogP contribution in [0, 0.1) is 0 Å². The van der Waals surface area contributed by atoms with Crippen LogP contribution in [-0.2, 0) is 17.9 Å². The number of allylic oxidation sites excluding steroid dienone is 1. The quantitative estimate of drug-likeness (QED) is 0.336. The number of carbonyl (C=O) groups is 1. The molecule has 1 aromatic carbocycles. The van der Waals surface area contributed by atoms with Gasteiger partial charge in [0, 0.05) is 23.5 Å². The molecule has 9 heteroatoms. The molecule has 0 unspecified atom stereocenters. The second-order valence-electron chi connectivity index (χ2n) is 7.04. The average Bonchev–Trinajstić information content (AvgIpc) is 3.46. The van der Waals surface area contributed by atoms with Gasteiger partial charge in [-0.25, -0.2) is 9.67 Å². The Morgan fingerprint density at radius 2 is 2.09 bits per heavy atom. The van der Waals surface area contributed by atoms with Gasteiger partial charge in [-0.3, -0.25) is 4.79 Å². The Labute approximate surface area is 189 Å². The van der Waals surface area contributed by atoms with Crippen molar-refractivity contribution in [2.24, 2.45) is 0 Å². The summed E-state index contributed by atoms with van der Waals surface area (Å²) in [5.41, 5.74) is 4.19. The van der Waals surface area contributed by atoms with Crippen LogP contribution in [0.4, 0.5) is 5.69 Å². The lowest BCUT2D eigenvalue weighted by molar-refractivity contribution is -0.117. The van der Waals surface area contributed by atoms with E-state index in [0.717, 1.165) is 22.3 Å². The van der Waals surface area contributed by atoms with Crippen LogP contribution in [0.5, 0.6) is 0 Å². The summed E-state index contributed by atoms with van der Waals surface area (Å²) < 4.78 is 1.75. The fourth-order valence-electron chi connectivity index (χ4n) is 3.24. The molecular formula is C23H23N7OS. The van der Waals surface area contributed by atoms with Crippen molar-refractivity contribution in [3.63, 3.8) is 0 Å². The van der Waals surface area contributed by atoms with Gasteiger partial charge in [0.25, 0.3) is 5.91 Å². The zero-order valence-electron chi connectivity index (χ0n) is 17.6. The zero-order valence-corrected chi connectivity index (χ0v) is 18.4. The van der Waals surface area contributed by atoms with Crippen LogP contribution in [0.1, 0.15) is 18.2 Å². The largest absolute Gasteiger partial charge is 0.357 e. The number of benzene rings is 1. The second kappa shape index (κ2) is 9.97. The van der Waals surface area contributed by atoms with E-state index in [0.29, 0.717) is 22.8 Å². The third kappa shape index (κ3) is 5.06. The van der Waals surface area contributed by atoms with Gasteiger partial charge in [-0.1, -0.05) is 53.9 Å². The van der Waals surface area contributed by atoms with Gasteiger partial charge in [0.2, 0.25) is 0 Å². The monoisotopic (exact) mass is 445 g/mol. The summed E-state index contributed by atoms with van der Waals surface area (Å²) in [6.45, 7) is 6.52. The standard InChI is InChI=1S/C23H23N7OS/c1-3-32-21(16(2)27-20-10-12-25-22-19(20)9-11-24-22)23(31)26-13-18-15-30(29-28-18)14-17-7-5-4-6-8-17/h3-12,15H,1,13-14H2,2H3,(H,26,31)(H2,24,25,27)/b21-16+. The highest BCUT2D eigenvalue weighted by molar-refractivity contribution is 8.06. The molecule has 4 aromatic rings. The number of aromatic amines is 1. The number of hydrogen-bond donors (Lipinski definition) is 3. The van der Waals surface area contributed by atoms with Gasteiger partial charge in [0.1, 0.15) is 11.3 Å². The van der Waals surface area contributed by atoms with Gasteiger partial charge in [-0.15, -0.1) is 5.10 Å². The van der Waals surface area contributed by atoms with E-state index in [1.165, 1.54) is 11.8 Å². The topological polar surface area (TPSA) is 101 Å². The van der Waals surface area contributed by atoms with Crippen LogP contribution < -0.4 is 10.6 Å². The first kappa shape index (κ1) is 21.4. The summed E-state index contributed by atoms with van der Waals surface area (Å²) in [4.78, 5) is 20.8. The van der Waals surface area contributed by atoms with Gasteiger partial charge >= 0.3 is 0 Å². The van der Waals surface area contributed by atoms with E-state index < -0.39 is 0 Å². The SMILES string of the molecule is C=CS/C(C(=O)NCc1cn(Cc2ccccc2)nn1)=C(\C)Nc1ccnc2[nH]ccc12. The number of carbonyl (C=O) groups excluding carboxylic acids is 1. The number of nitrogens with one attached hydrogen (secondary N) is 3. The van der Waals surface area contributed by atoms with Gasteiger partial charge in [-0.05, 0) is 30.0 Å². The smallest absolute Gasteiger partial charge is 0.260 e. The normalized spacial score (nSPS) is 11.8. The zero-order chi connectivity index (χ0) is 22.3. The Hall–Kier alpha value is -3.85. The molecule has 0 atom stereocenters. The second-order valence-corrected chi connectivity index (χ2v) is 8.02. The first-order chi connectivity index (χ1) is 15.6. The molecule has 0 fully saturated rings. The van der Waals surface area contributed by atoms with Crippen molar-refractivity contribution in [2.45, 2.75) is 20.0 Å². The lowest BCUT2D eigenvalue weighted by atomic mass is 10.2. The molecular weight excluding hydrogens is 422 g/mol. The summed E-state index contributed by atoms with van der Waals surface area (Å²) in [5.74, 6) is -0.211. The molecule has 0 spiro atoms. The fraction of sp³-hybridized carbons (Fsp3) is 0.130. The summed E-state index contributed by atoms with van der Waals surface area (Å²) >= 11 is 1.27. The molecule has 0 aliphatic rings. The number of hydrogen-bond acceptors (Lipinski definition) is 6. The highest BCUT2D eigenvalue weighted by Gasteiger charge is 2.15. The molecule has 162 valence electrons. The first-order valence-corrected chi connectivity index (χ1v) is 10.9. The van der Waals surface area contributed by atoms with Crippen molar-refractivity contribution in [1.82, 2.24) is 30.3 Å². The van der Waals surface area contributed by atoms with Gasteiger partial charge < -0.3 is 15.6 Å². The third-order valence-electron chi connectivity index (χ3n) is 4.73. The molecule has 3 aromatic heterocycles. The van der Waals surface area contributed by atoms with Crippen molar-refractivity contribution in [1.29, 1.82) is 0 Å². The maximum atomic E-state index is 12.9. The highest BCUT2D eigenvalue weighted by Crippen LogP contribution is 2.26. The molecule has 0 bridgehead atoms. The summed E-state index contributed by atoms with van der Waals surface area (Å²) in [6, 6.07) is 13.8. The minimum atomic E-state index is -0.211. The molecule has 3 N–H and O–H groups in total. The van der Waals surface area contributed by atoms with E-state index in [2.05, 4.69) is 37.5 Å². The molecule has 0 aliphatic carbocycles. The minimum absolute atomic E-state index is 0.211. The maximum absolute atomic E-state index is 12.9. The van der Waals surface area contributed by atoms with Crippen LogP contribution in [-0.4, -0.2) is 30.9 Å². The van der Waals surface area contributed by atoms with Crippen molar-refractivity contribution in [3.05, 3.63) is 94.9 Å². The third-order valence-corrected chi connectivity index (χ3v) is 5.63. The maximum Gasteiger partial charge on any atom is 0.260 e. The van der Waals surface area contributed by atoms with Crippen molar-refractivity contribution in [2.75, 3.05) is 5.32 Å². The Kier molecular flexibility index (Phi) is 6.66. The molecule has 0 radical (unpaired) electrons. The van der Waals surface area contributed by atoms with E-state index in [-0.39, 0.29) is 12.5 Å². The number of amides is 1. The highest BCUT2D eigenvalue weighted by atomic mass is 32.2. The summed E-state index contributed by atoms with van der Waals surface area (Å²) in [5, 5.41) is 17.1. The number of thioether (sulfide) groups is 1. The Morgan fingerprint density at radius 1 is 1.25 bits per heavy atom. The lowest BCUT2D eigenvalue weighted by Crippen LogP contribution is -2.25. The molecule has 4 rings (SSSR count). The molecule has 0 aliphatic heterocycles. The van der Waals surface area contributed by atoms with E-state index in [4.69, 9.17) is 0 Å². The number of nitrogens with zero attached hydrogens (tertiary/aromatic N) is 4. The van der Waals surface area contributed by atoms with Crippen molar-refractivity contribution >= 4 is 34.4 Å². The molecule has 0 saturated heterocycles. The van der Waals surface area contributed by atoms with E-state index in [9.17, 15) is 4.79 Å². The first-order valence-electron chi connectivity index (χ1n) is 10.0. The fourth-order valence-corrected chi connectivity index (χ4v) is 3.82. The van der Waals surface area contributed by atoms with E-state index >= 15 is 0 Å². The van der Waals surface area contributed by atoms with Crippen LogP contribution >= 0.6 is 11.8 Å². The number of aromatic nitrogens is 5. The molecule has 8 nitrogen and oxygen atoms in total. The predicted molar refractivity (Wildman–Crippen MR) is 128 cm³/mol. The van der Waals surface area contributed by atoms with Crippen LogP contribution in [0.25, 0.3) is 11.0 Å². The van der Waals surface area contributed by atoms with Crippen LogP contribution in [0.15, 0.2) is 83.6 Å². The number of fused-ring (bicyclic) bond motifs is 1. The van der Waals surface area contributed by atoms with Crippen LogP contribution in [0.3, 0.4) is 0 Å². The van der Waals surface area contributed by atoms with Crippen molar-refractivity contribution < 1.29 is 4.79 Å². The van der Waals surface area contributed by atoms with Gasteiger partial charge in [0.15, 0.2) is 0 Å². The van der Waals surface area contributed by atoms with E-state index in [1.807, 2.05) is 61.8 Å². The Morgan fingerprint density at radius 3 is 2.91 bits per heavy atom. The molecule has 1 amide bonds. The minimum Gasteiger partial charge on any atom is -0.357 e. The Bertz CT molecular complexity index is 1260. The average molecular weight is 446 g/mol. The number of anilines is 1. The lowest BCUT2D eigenvalue weighted by Gasteiger charge is -2.13. The summed E-state index contributed by atoms with van der Waals surface area (Å²) in [7, 11) is 0. The Balaban J connectivity index is 1.43. The molecule has 0 saturated carbocycles. The van der Waals surface area contributed by atoms with Crippen LogP contribution in [0.2, 0.25) is 0 Å². The van der Waals surface area contributed by atoms with E-state index in [1.54, 1.807) is 16.3 Å².